The number of nitrogen functional groups attached to an aromatic ring is 1. The summed E-state index contributed by atoms with van der Waals surface area (Å²) in [5.41, 5.74) is 5.04. The molecular weight excluding hydrogens is 297 g/mol. The van der Waals surface area contributed by atoms with Crippen LogP contribution in [0.3, 0.4) is 0 Å². The summed E-state index contributed by atoms with van der Waals surface area (Å²) in [5, 5.41) is 0. The second-order valence-corrected chi connectivity index (χ2v) is 3.91. The molecule has 0 fully saturated rings. The smallest absolute Gasteiger partial charge is 0.447 e. The average molecular weight is 305 g/mol. The maximum atomic E-state index is 13.6. The molecule has 0 radical (unpaired) electrons. The first-order chi connectivity index (χ1) is 9.76. The molecule has 0 aliphatic rings. The van der Waals surface area contributed by atoms with Crippen LogP contribution in [-0.2, 0) is 0 Å². The highest BCUT2D eigenvalue weighted by molar-refractivity contribution is 5.48. The summed E-state index contributed by atoms with van der Waals surface area (Å²) in [4.78, 5) is 0. The average Bonchev–Trinajstić information content (AvgIpc) is 2.33. The fourth-order valence-electron chi connectivity index (χ4n) is 1.53. The largest absolute Gasteiger partial charge is 0.573 e. The molecule has 0 saturated heterocycles. The van der Waals surface area contributed by atoms with Crippen molar-refractivity contribution in [1.29, 1.82) is 0 Å². The molecule has 0 atom stereocenters. The van der Waals surface area contributed by atoms with Crippen molar-refractivity contribution in [2.45, 2.75) is 6.36 Å². The van der Waals surface area contributed by atoms with Crippen molar-refractivity contribution < 1.29 is 31.4 Å². The standard InChI is InChI=1S/C13H8F5NO2/c14-8-5-7(19)6-9(15)12(8)20-10-3-1-2-4-11(10)21-13(16,17)18/h1-6H,19H2. The topological polar surface area (TPSA) is 44.5 Å². The Hall–Kier alpha value is -2.51. The van der Waals surface area contributed by atoms with E-state index >= 15 is 0 Å². The van der Waals surface area contributed by atoms with E-state index in [4.69, 9.17) is 10.5 Å². The molecule has 3 nitrogen and oxygen atoms in total. The lowest BCUT2D eigenvalue weighted by Crippen LogP contribution is -2.17. The van der Waals surface area contributed by atoms with Crippen molar-refractivity contribution in [2.24, 2.45) is 0 Å². The van der Waals surface area contributed by atoms with Gasteiger partial charge in [0.2, 0.25) is 0 Å². The molecule has 0 aliphatic heterocycles. The van der Waals surface area contributed by atoms with Gasteiger partial charge in [0.1, 0.15) is 0 Å². The number of rotatable bonds is 3. The van der Waals surface area contributed by atoms with Crippen molar-refractivity contribution in [3.8, 4) is 17.2 Å². The zero-order valence-electron chi connectivity index (χ0n) is 10.2. The van der Waals surface area contributed by atoms with E-state index in [1.165, 1.54) is 12.1 Å². The number of hydrogen-bond acceptors (Lipinski definition) is 3. The summed E-state index contributed by atoms with van der Waals surface area (Å²) < 4.78 is 72.4. The van der Waals surface area contributed by atoms with E-state index in [-0.39, 0.29) is 5.69 Å². The first-order valence-corrected chi connectivity index (χ1v) is 5.53. The zero-order chi connectivity index (χ0) is 15.6. The third-order valence-electron chi connectivity index (χ3n) is 2.31. The summed E-state index contributed by atoms with van der Waals surface area (Å²) >= 11 is 0. The first-order valence-electron chi connectivity index (χ1n) is 5.53. The molecular formula is C13H8F5NO2. The molecule has 8 heteroatoms. The Kier molecular flexibility index (Phi) is 3.88. The van der Waals surface area contributed by atoms with Gasteiger partial charge in [0.25, 0.3) is 0 Å². The normalized spacial score (nSPS) is 11.3. The van der Waals surface area contributed by atoms with Gasteiger partial charge in [-0.25, -0.2) is 8.78 Å². The third kappa shape index (κ3) is 3.74. The number of halogens is 5. The summed E-state index contributed by atoms with van der Waals surface area (Å²) in [5.74, 6) is -4.37. The highest BCUT2D eigenvalue weighted by Gasteiger charge is 2.32. The Labute approximate surface area is 115 Å². The number of benzene rings is 2. The van der Waals surface area contributed by atoms with Gasteiger partial charge in [-0.15, -0.1) is 13.2 Å². The summed E-state index contributed by atoms with van der Waals surface area (Å²) in [6.45, 7) is 0. The van der Waals surface area contributed by atoms with Gasteiger partial charge in [-0.1, -0.05) is 12.1 Å². The molecule has 112 valence electrons. The lowest BCUT2D eigenvalue weighted by atomic mass is 10.2. The Morgan fingerprint density at radius 3 is 1.95 bits per heavy atom. The van der Waals surface area contributed by atoms with E-state index < -0.39 is 35.2 Å². The van der Waals surface area contributed by atoms with Gasteiger partial charge in [-0.2, -0.15) is 0 Å². The molecule has 0 bridgehead atoms. The summed E-state index contributed by atoms with van der Waals surface area (Å²) in [6.07, 6.45) is -4.96. The minimum Gasteiger partial charge on any atom is -0.447 e. The van der Waals surface area contributed by atoms with E-state index in [9.17, 15) is 22.0 Å². The number of alkyl halides is 3. The van der Waals surface area contributed by atoms with E-state index in [1.54, 1.807) is 0 Å². The molecule has 0 heterocycles. The molecule has 2 N–H and O–H groups in total. The van der Waals surface area contributed by atoms with Gasteiger partial charge < -0.3 is 15.2 Å². The molecule has 21 heavy (non-hydrogen) atoms. The molecule has 2 aromatic rings. The predicted molar refractivity (Wildman–Crippen MR) is 64.0 cm³/mol. The van der Waals surface area contributed by atoms with E-state index in [1.807, 2.05) is 0 Å². The number of hydrogen-bond donors (Lipinski definition) is 1. The van der Waals surface area contributed by atoms with Gasteiger partial charge in [0, 0.05) is 17.8 Å². The van der Waals surface area contributed by atoms with Crippen LogP contribution < -0.4 is 15.2 Å². The minimum absolute atomic E-state index is 0.183. The number of anilines is 1. The fraction of sp³-hybridized carbons (Fsp3) is 0.0769. The highest BCUT2D eigenvalue weighted by atomic mass is 19.4. The minimum atomic E-state index is -4.96. The Balaban J connectivity index is 2.37. The Bertz CT molecular complexity index is 634. The van der Waals surface area contributed by atoms with Crippen LogP contribution in [0.4, 0.5) is 27.6 Å². The lowest BCUT2D eigenvalue weighted by molar-refractivity contribution is -0.275. The number of nitrogens with two attached hydrogens (primary N) is 1. The molecule has 2 rings (SSSR count). The highest BCUT2D eigenvalue weighted by Crippen LogP contribution is 2.37. The van der Waals surface area contributed by atoms with Gasteiger partial charge in [-0.3, -0.25) is 0 Å². The van der Waals surface area contributed by atoms with E-state index in [2.05, 4.69) is 4.74 Å². The van der Waals surface area contributed by atoms with Crippen LogP contribution in [0, 0.1) is 11.6 Å². The fourth-order valence-corrected chi connectivity index (χ4v) is 1.53. The lowest BCUT2D eigenvalue weighted by Gasteiger charge is -2.14. The molecule has 0 amide bonds. The van der Waals surface area contributed by atoms with E-state index in [0.29, 0.717) is 0 Å². The van der Waals surface area contributed by atoms with Crippen molar-refractivity contribution in [1.82, 2.24) is 0 Å². The van der Waals surface area contributed by atoms with Gasteiger partial charge in [0.05, 0.1) is 0 Å². The van der Waals surface area contributed by atoms with Crippen molar-refractivity contribution >= 4 is 5.69 Å². The first kappa shape index (κ1) is 14.9. The van der Waals surface area contributed by atoms with Crippen molar-refractivity contribution in [3.63, 3.8) is 0 Å². The monoisotopic (exact) mass is 305 g/mol. The van der Waals surface area contributed by atoms with Crippen LogP contribution >= 0.6 is 0 Å². The Morgan fingerprint density at radius 1 is 0.905 bits per heavy atom. The molecule has 0 aromatic heterocycles. The van der Waals surface area contributed by atoms with Gasteiger partial charge in [0.15, 0.2) is 28.9 Å². The molecule has 0 spiro atoms. The number of ether oxygens (including phenoxy) is 2. The second kappa shape index (κ2) is 5.47. The summed E-state index contributed by atoms with van der Waals surface area (Å²) in [6, 6.07) is 6.18. The van der Waals surface area contributed by atoms with Crippen LogP contribution in [0.25, 0.3) is 0 Å². The third-order valence-corrected chi connectivity index (χ3v) is 2.31. The van der Waals surface area contributed by atoms with Crippen molar-refractivity contribution in [2.75, 3.05) is 5.73 Å². The van der Waals surface area contributed by atoms with Crippen molar-refractivity contribution in [3.05, 3.63) is 48.0 Å². The molecule has 0 unspecified atom stereocenters. The van der Waals surface area contributed by atoms with E-state index in [0.717, 1.165) is 24.3 Å². The molecule has 2 aromatic carbocycles. The predicted octanol–water partition coefficient (Wildman–Crippen LogP) is 4.24. The molecule has 0 saturated carbocycles. The second-order valence-electron chi connectivity index (χ2n) is 3.91. The van der Waals surface area contributed by atoms with Crippen LogP contribution in [0.5, 0.6) is 17.2 Å². The Morgan fingerprint density at radius 2 is 1.43 bits per heavy atom. The quantitative estimate of drug-likeness (QED) is 0.681. The maximum Gasteiger partial charge on any atom is 0.573 e. The SMILES string of the molecule is Nc1cc(F)c(Oc2ccccc2OC(F)(F)F)c(F)c1. The molecule has 0 aliphatic carbocycles. The zero-order valence-corrected chi connectivity index (χ0v) is 10.2. The summed E-state index contributed by atoms with van der Waals surface area (Å²) in [7, 11) is 0. The van der Waals surface area contributed by atoms with Crippen LogP contribution in [0.15, 0.2) is 36.4 Å². The maximum absolute atomic E-state index is 13.6. The number of para-hydroxylation sites is 2. The van der Waals surface area contributed by atoms with Gasteiger partial charge in [-0.05, 0) is 12.1 Å². The van der Waals surface area contributed by atoms with Gasteiger partial charge >= 0.3 is 6.36 Å². The van der Waals surface area contributed by atoms with Crippen LogP contribution in [-0.4, -0.2) is 6.36 Å². The van der Waals surface area contributed by atoms with Crippen LogP contribution in [0.1, 0.15) is 0 Å². The van der Waals surface area contributed by atoms with Crippen LogP contribution in [0.2, 0.25) is 0 Å².